The molecule has 1 aliphatic rings. The monoisotopic (exact) mass is 332 g/mol. The number of rotatable bonds is 3. The molecule has 1 N–H and O–H groups in total. The molecule has 2 unspecified atom stereocenters. The van der Waals surface area contributed by atoms with Crippen LogP contribution in [0.15, 0.2) is 23.1 Å². The summed E-state index contributed by atoms with van der Waals surface area (Å²) in [5, 5.41) is 9.22. The van der Waals surface area contributed by atoms with Crippen LogP contribution in [0, 0.1) is 5.92 Å². The molecule has 2 heterocycles. The van der Waals surface area contributed by atoms with Crippen LogP contribution in [-0.2, 0) is 17.5 Å². The zero-order valence-corrected chi connectivity index (χ0v) is 12.7. The molecular weight excluding hydrogens is 313 g/mol. The maximum absolute atomic E-state index is 12.7. The van der Waals surface area contributed by atoms with Crippen molar-refractivity contribution in [3.63, 3.8) is 0 Å². The number of pyridine rings is 1. The Morgan fingerprint density at radius 2 is 2.04 bits per heavy atom. The third-order valence-corrected chi connectivity index (χ3v) is 4.17. The summed E-state index contributed by atoms with van der Waals surface area (Å²) in [5.41, 5.74) is -1.63. The van der Waals surface area contributed by atoms with Gasteiger partial charge >= 0.3 is 6.18 Å². The minimum atomic E-state index is -4.57. The number of aliphatic hydroxyl groups is 1. The van der Waals surface area contributed by atoms with E-state index in [1.165, 1.54) is 4.90 Å². The van der Waals surface area contributed by atoms with Gasteiger partial charge in [0.2, 0.25) is 5.91 Å². The number of hydrogen-bond donors (Lipinski definition) is 1. The Bertz CT molecular complexity index is 627. The smallest absolute Gasteiger partial charge is 0.396 e. The van der Waals surface area contributed by atoms with Crippen LogP contribution in [0.2, 0.25) is 0 Å². The van der Waals surface area contributed by atoms with E-state index in [0.29, 0.717) is 25.2 Å². The van der Waals surface area contributed by atoms with Gasteiger partial charge in [0, 0.05) is 31.5 Å². The summed E-state index contributed by atoms with van der Waals surface area (Å²) in [7, 11) is 0. The highest BCUT2D eigenvalue weighted by molar-refractivity contribution is 5.76. The molecule has 1 saturated heterocycles. The number of aromatic nitrogens is 1. The summed E-state index contributed by atoms with van der Waals surface area (Å²) in [5.74, 6) is -0.453. The molecule has 5 nitrogen and oxygen atoms in total. The lowest BCUT2D eigenvalue weighted by Gasteiger charge is -2.37. The lowest BCUT2D eigenvalue weighted by Crippen LogP contribution is -2.48. The van der Waals surface area contributed by atoms with Gasteiger partial charge in [0.05, 0.1) is 5.56 Å². The van der Waals surface area contributed by atoms with Gasteiger partial charge in [-0.2, -0.15) is 13.2 Å². The summed E-state index contributed by atoms with van der Waals surface area (Å²) in [6.45, 7) is 1.72. The van der Waals surface area contributed by atoms with Crippen LogP contribution in [0.5, 0.6) is 0 Å². The van der Waals surface area contributed by atoms with E-state index in [-0.39, 0.29) is 18.6 Å². The topological polar surface area (TPSA) is 62.5 Å². The molecule has 1 aliphatic heterocycles. The zero-order valence-electron chi connectivity index (χ0n) is 12.7. The Morgan fingerprint density at radius 3 is 2.65 bits per heavy atom. The molecule has 128 valence electrons. The number of alkyl halides is 3. The standard InChI is InChI=1S/C15H19F3N2O3/c1-10-2-3-11(9-21)6-20(10)14(23)8-19-7-12(15(16,17)18)4-5-13(19)22/h4-5,7,10-11,21H,2-3,6,8-9H2,1H3. The number of carbonyl (C=O) groups is 1. The number of amides is 1. The minimum Gasteiger partial charge on any atom is -0.396 e. The number of hydrogen-bond acceptors (Lipinski definition) is 3. The first kappa shape index (κ1) is 17.5. The highest BCUT2D eigenvalue weighted by atomic mass is 19.4. The molecule has 23 heavy (non-hydrogen) atoms. The summed E-state index contributed by atoms with van der Waals surface area (Å²) in [6, 6.07) is 1.45. The van der Waals surface area contributed by atoms with Gasteiger partial charge in [-0.25, -0.2) is 0 Å². The lowest BCUT2D eigenvalue weighted by atomic mass is 9.94. The molecule has 2 rings (SSSR count). The van der Waals surface area contributed by atoms with Crippen molar-refractivity contribution in [2.24, 2.45) is 5.92 Å². The zero-order chi connectivity index (χ0) is 17.2. The number of carbonyl (C=O) groups excluding carboxylic acids is 1. The number of halogens is 3. The number of piperidine rings is 1. The van der Waals surface area contributed by atoms with Crippen LogP contribution in [0.1, 0.15) is 25.3 Å². The van der Waals surface area contributed by atoms with E-state index < -0.39 is 29.8 Å². The first-order chi connectivity index (χ1) is 10.7. The third-order valence-electron chi connectivity index (χ3n) is 4.17. The number of nitrogens with zero attached hydrogens (tertiary/aromatic N) is 2. The first-order valence-corrected chi connectivity index (χ1v) is 7.40. The Hall–Kier alpha value is -1.83. The van der Waals surface area contributed by atoms with E-state index in [4.69, 9.17) is 0 Å². The molecule has 0 saturated carbocycles. The van der Waals surface area contributed by atoms with E-state index in [1.807, 2.05) is 6.92 Å². The highest BCUT2D eigenvalue weighted by Gasteiger charge is 2.32. The fourth-order valence-corrected chi connectivity index (χ4v) is 2.74. The van der Waals surface area contributed by atoms with Crippen molar-refractivity contribution in [3.05, 3.63) is 34.2 Å². The molecule has 2 atom stereocenters. The molecule has 1 aromatic rings. The van der Waals surface area contributed by atoms with E-state index in [9.17, 15) is 27.9 Å². The molecule has 0 spiro atoms. The van der Waals surface area contributed by atoms with Crippen LogP contribution in [0.3, 0.4) is 0 Å². The average Bonchev–Trinajstić information content (AvgIpc) is 2.48. The highest BCUT2D eigenvalue weighted by Crippen LogP contribution is 2.28. The maximum atomic E-state index is 12.7. The van der Waals surface area contributed by atoms with Crippen molar-refractivity contribution in [2.75, 3.05) is 13.2 Å². The SMILES string of the molecule is CC1CCC(CO)CN1C(=O)Cn1cc(C(F)(F)F)ccc1=O. The summed E-state index contributed by atoms with van der Waals surface area (Å²) >= 11 is 0. The second kappa shape index (κ2) is 6.74. The van der Waals surface area contributed by atoms with E-state index in [1.54, 1.807) is 0 Å². The molecular formula is C15H19F3N2O3. The van der Waals surface area contributed by atoms with Gasteiger partial charge < -0.3 is 14.6 Å². The predicted octanol–water partition coefficient (Wildman–Crippen LogP) is 1.49. The first-order valence-electron chi connectivity index (χ1n) is 7.40. The molecule has 1 amide bonds. The van der Waals surface area contributed by atoms with Crippen LogP contribution < -0.4 is 5.56 Å². The van der Waals surface area contributed by atoms with Gasteiger partial charge in [0.25, 0.3) is 5.56 Å². The van der Waals surface area contributed by atoms with Crippen LogP contribution in [-0.4, -0.2) is 39.7 Å². The third kappa shape index (κ3) is 4.13. The molecule has 1 fully saturated rings. The van der Waals surface area contributed by atoms with E-state index in [2.05, 4.69) is 0 Å². The van der Waals surface area contributed by atoms with Gasteiger partial charge in [0.15, 0.2) is 0 Å². The molecule has 0 aliphatic carbocycles. The predicted molar refractivity (Wildman–Crippen MR) is 76.7 cm³/mol. The lowest BCUT2D eigenvalue weighted by molar-refractivity contribution is -0.139. The second-order valence-electron chi connectivity index (χ2n) is 5.90. The molecule has 1 aromatic heterocycles. The van der Waals surface area contributed by atoms with Crippen molar-refractivity contribution in [1.82, 2.24) is 9.47 Å². The Labute approximate surface area is 131 Å². The van der Waals surface area contributed by atoms with Gasteiger partial charge in [-0.3, -0.25) is 9.59 Å². The maximum Gasteiger partial charge on any atom is 0.417 e. The molecule has 0 aromatic carbocycles. The summed E-state index contributed by atoms with van der Waals surface area (Å²) in [4.78, 5) is 25.6. The van der Waals surface area contributed by atoms with Gasteiger partial charge in [-0.05, 0) is 31.7 Å². The van der Waals surface area contributed by atoms with Crippen LogP contribution in [0.4, 0.5) is 13.2 Å². The Balaban J connectivity index is 2.18. The number of aliphatic hydroxyl groups excluding tert-OH is 1. The van der Waals surface area contributed by atoms with Crippen molar-refractivity contribution in [3.8, 4) is 0 Å². The molecule has 0 radical (unpaired) electrons. The fraction of sp³-hybridized carbons (Fsp3) is 0.600. The minimum absolute atomic E-state index is 0.0339. The molecule has 0 bridgehead atoms. The van der Waals surface area contributed by atoms with Gasteiger partial charge in [0.1, 0.15) is 6.54 Å². The molecule has 8 heteroatoms. The van der Waals surface area contributed by atoms with Crippen molar-refractivity contribution >= 4 is 5.91 Å². The summed E-state index contributed by atoms with van der Waals surface area (Å²) in [6.07, 6.45) is -2.39. The van der Waals surface area contributed by atoms with E-state index in [0.717, 1.165) is 17.1 Å². The number of likely N-dealkylation sites (tertiary alicyclic amines) is 1. The van der Waals surface area contributed by atoms with Crippen LogP contribution in [0.25, 0.3) is 0 Å². The van der Waals surface area contributed by atoms with E-state index >= 15 is 0 Å². The Kier molecular flexibility index (Phi) is 5.13. The van der Waals surface area contributed by atoms with Gasteiger partial charge in [-0.15, -0.1) is 0 Å². The van der Waals surface area contributed by atoms with Crippen molar-refractivity contribution in [1.29, 1.82) is 0 Å². The Morgan fingerprint density at radius 1 is 1.35 bits per heavy atom. The van der Waals surface area contributed by atoms with Crippen molar-refractivity contribution in [2.45, 2.75) is 38.5 Å². The largest absolute Gasteiger partial charge is 0.417 e. The fourth-order valence-electron chi connectivity index (χ4n) is 2.74. The quantitative estimate of drug-likeness (QED) is 0.912. The summed E-state index contributed by atoms with van der Waals surface area (Å²) < 4.78 is 38.9. The second-order valence-corrected chi connectivity index (χ2v) is 5.90. The normalized spacial score (nSPS) is 22.2. The van der Waals surface area contributed by atoms with Crippen molar-refractivity contribution < 1.29 is 23.1 Å². The van der Waals surface area contributed by atoms with Crippen LogP contribution >= 0.6 is 0 Å². The average molecular weight is 332 g/mol. The van der Waals surface area contributed by atoms with Gasteiger partial charge in [-0.1, -0.05) is 0 Å².